The van der Waals surface area contributed by atoms with Crippen molar-refractivity contribution in [2.45, 2.75) is 185 Å². The molecule has 0 saturated carbocycles. The summed E-state index contributed by atoms with van der Waals surface area (Å²) in [5.41, 5.74) is 0.277. The highest BCUT2D eigenvalue weighted by molar-refractivity contribution is 5.78. The van der Waals surface area contributed by atoms with E-state index >= 15 is 0 Å². The monoisotopic (exact) mass is 887 g/mol. The molecule has 7 rings (SSSR count). The lowest BCUT2D eigenvalue weighted by molar-refractivity contribution is -0.318. The second-order valence-electron chi connectivity index (χ2n) is 19.3. The zero-order valence-electron chi connectivity index (χ0n) is 38.9. The van der Waals surface area contributed by atoms with Crippen molar-refractivity contribution in [1.82, 2.24) is 0 Å². The number of hydrogen-bond acceptors (Lipinski definition) is 14. The molecule has 4 saturated heterocycles. The third kappa shape index (κ3) is 10.2. The molecule has 354 valence electrons. The van der Waals surface area contributed by atoms with Crippen molar-refractivity contribution in [1.29, 1.82) is 0 Å². The van der Waals surface area contributed by atoms with Gasteiger partial charge in [0.1, 0.15) is 29.8 Å². The van der Waals surface area contributed by atoms with Gasteiger partial charge in [-0.2, -0.15) is 0 Å². The summed E-state index contributed by atoms with van der Waals surface area (Å²) in [6, 6.07) is 0. The van der Waals surface area contributed by atoms with E-state index in [0.29, 0.717) is 43.3 Å². The van der Waals surface area contributed by atoms with Gasteiger partial charge in [0.2, 0.25) is 0 Å². The van der Waals surface area contributed by atoms with Crippen LogP contribution < -0.4 is 0 Å². The maximum atomic E-state index is 14.5. The summed E-state index contributed by atoms with van der Waals surface area (Å²) < 4.78 is 63.7. The van der Waals surface area contributed by atoms with Crippen LogP contribution in [0.5, 0.6) is 0 Å². The fourth-order valence-electron chi connectivity index (χ4n) is 10.9. The van der Waals surface area contributed by atoms with Crippen LogP contribution in [-0.2, 0) is 52.2 Å². The normalized spacial score (nSPS) is 47.9. The molecule has 3 N–H and O–H groups in total. The topological polar surface area (TPSA) is 170 Å². The maximum Gasteiger partial charge on any atom is 0.316 e. The van der Waals surface area contributed by atoms with Crippen molar-refractivity contribution in [2.75, 3.05) is 27.4 Å². The van der Waals surface area contributed by atoms with Crippen molar-refractivity contribution in [2.24, 2.45) is 29.6 Å². The average molecular weight is 887 g/mol. The lowest BCUT2D eigenvalue weighted by Gasteiger charge is -2.50. The Kier molecular flexibility index (Phi) is 15.7. The molecule has 1 spiro atoms. The SMILES string of the molecule is CC[C@H](C)[C@H]1OC2(C=C[C@@H]1C)C[C@@H]1C[C@@H](C/C=C(/C)[C@@H](O[C@H]3C[C@H](OC)[C@@H](O[C@H]4C[C@H](OC)[C@@H](O)[C@H](C)O4)[C@H](C)O3)[C@@H](C)/C=C\C=C3COC[C@@H]4[C@H](O)C(C)=C[C@@H](C(=O)O1)[C@]34O)O2. The molecule has 14 nitrogen and oxygen atoms in total. The van der Waals surface area contributed by atoms with E-state index in [1.54, 1.807) is 40.2 Å². The summed E-state index contributed by atoms with van der Waals surface area (Å²) in [6.07, 6.45) is 9.81. The molecule has 6 aliphatic heterocycles. The van der Waals surface area contributed by atoms with E-state index < -0.39 is 90.6 Å². The summed E-state index contributed by atoms with van der Waals surface area (Å²) in [5, 5.41) is 34.6. The van der Waals surface area contributed by atoms with Gasteiger partial charge in [0.15, 0.2) is 18.4 Å². The molecule has 2 bridgehead atoms. The Morgan fingerprint density at radius 3 is 2.33 bits per heavy atom. The quantitative estimate of drug-likeness (QED) is 0.203. The van der Waals surface area contributed by atoms with Crippen molar-refractivity contribution in [3.63, 3.8) is 0 Å². The smallest absolute Gasteiger partial charge is 0.316 e. The average Bonchev–Trinajstić information content (AvgIpc) is 3.25. The molecule has 0 aromatic heterocycles. The lowest BCUT2D eigenvalue weighted by Crippen LogP contribution is -2.61. The predicted molar refractivity (Wildman–Crippen MR) is 232 cm³/mol. The second-order valence-corrected chi connectivity index (χ2v) is 19.3. The molecule has 0 radical (unpaired) electrons. The van der Waals surface area contributed by atoms with Crippen LogP contribution in [-0.4, -0.2) is 140 Å². The molecule has 14 heteroatoms. The Bertz CT molecular complexity index is 1740. The Hall–Kier alpha value is -2.31. The van der Waals surface area contributed by atoms with Gasteiger partial charge in [0, 0.05) is 57.7 Å². The van der Waals surface area contributed by atoms with Crippen LogP contribution in [0, 0.1) is 29.6 Å². The van der Waals surface area contributed by atoms with Gasteiger partial charge in [0.05, 0.1) is 62.0 Å². The van der Waals surface area contributed by atoms with E-state index in [0.717, 1.165) is 12.0 Å². The summed E-state index contributed by atoms with van der Waals surface area (Å²) >= 11 is 0. The fourth-order valence-corrected chi connectivity index (χ4v) is 10.9. The van der Waals surface area contributed by atoms with Gasteiger partial charge in [-0.3, -0.25) is 4.79 Å². The number of rotatable bonds is 8. The van der Waals surface area contributed by atoms with Gasteiger partial charge < -0.3 is 62.7 Å². The largest absolute Gasteiger partial charge is 0.462 e. The third-order valence-corrected chi connectivity index (χ3v) is 14.9. The Morgan fingerprint density at radius 2 is 1.60 bits per heavy atom. The van der Waals surface area contributed by atoms with E-state index in [4.69, 9.17) is 47.4 Å². The summed E-state index contributed by atoms with van der Waals surface area (Å²) in [7, 11) is 3.22. The fraction of sp³-hybridized carbons (Fsp3) is 0.776. The zero-order chi connectivity index (χ0) is 45.4. The number of methoxy groups -OCH3 is 2. The van der Waals surface area contributed by atoms with Crippen molar-refractivity contribution in [3.05, 3.63) is 59.3 Å². The van der Waals surface area contributed by atoms with Crippen LogP contribution in [0.25, 0.3) is 0 Å². The molecule has 1 unspecified atom stereocenters. The molecule has 63 heavy (non-hydrogen) atoms. The molecule has 0 aromatic rings. The summed E-state index contributed by atoms with van der Waals surface area (Å²) in [6.45, 7) is 16.3. The minimum absolute atomic E-state index is 0.0806. The summed E-state index contributed by atoms with van der Waals surface area (Å²) in [4.78, 5) is 14.5. The van der Waals surface area contributed by atoms with Crippen molar-refractivity contribution in [3.8, 4) is 0 Å². The highest BCUT2D eigenvalue weighted by Gasteiger charge is 2.58. The standard InChI is InChI=1S/C49H74O14/c1-11-26(2)45-29(5)17-18-48(63-45)23-35-20-34(62-48)16-15-28(4)44(60-41-22-39(55-10)46(32(8)58-41)61-40-21-38(54-9)43(51)31(7)57-40)27(3)13-12-14-33-24-56-25-37-42(50)30(6)19-36(47(52)59-35)49(33,37)53/h12-15,17-19,26-27,29,31-32,34-46,50-51,53H,11,16,20-25H2,1-10H3/b13-12-,28-15-,33-14?/t26-,27-,29-,31-,32-,34+,35-,36-,37+,38-,39-,40-,41-,42+,43-,44-,45+,46-,48?,49+/m0/s1. The number of aliphatic hydroxyl groups excluding tert-OH is 2. The molecule has 6 heterocycles. The highest BCUT2D eigenvalue weighted by atomic mass is 16.7. The van der Waals surface area contributed by atoms with E-state index in [1.165, 1.54) is 0 Å². The Balaban J connectivity index is 1.19. The Labute approximate surface area is 373 Å². The molecule has 0 amide bonds. The lowest BCUT2D eigenvalue weighted by atomic mass is 9.64. The molecular weight excluding hydrogens is 813 g/mol. The van der Waals surface area contributed by atoms with E-state index in [2.05, 4.69) is 39.8 Å². The molecule has 1 aliphatic carbocycles. The first-order chi connectivity index (χ1) is 30.0. The van der Waals surface area contributed by atoms with E-state index in [1.807, 2.05) is 32.1 Å². The Morgan fingerprint density at radius 1 is 0.889 bits per heavy atom. The number of hydrogen-bond donors (Lipinski definition) is 3. The first-order valence-corrected chi connectivity index (χ1v) is 23.3. The van der Waals surface area contributed by atoms with Gasteiger partial charge in [-0.05, 0) is 62.8 Å². The van der Waals surface area contributed by atoms with Crippen molar-refractivity contribution >= 4 is 5.97 Å². The highest BCUT2D eigenvalue weighted by Crippen LogP contribution is 2.47. The summed E-state index contributed by atoms with van der Waals surface area (Å²) in [5.74, 6) is -3.28. The van der Waals surface area contributed by atoms with Crippen LogP contribution >= 0.6 is 0 Å². The number of carbonyl (C=O) groups is 1. The number of allylic oxidation sites excluding steroid dienone is 2. The van der Waals surface area contributed by atoms with Gasteiger partial charge in [0.25, 0.3) is 0 Å². The first-order valence-electron chi connectivity index (χ1n) is 23.3. The molecule has 20 atom stereocenters. The minimum atomic E-state index is -1.75. The van der Waals surface area contributed by atoms with Crippen LogP contribution in [0.15, 0.2) is 59.3 Å². The number of aliphatic hydroxyl groups is 3. The second kappa shape index (κ2) is 20.3. The maximum absolute atomic E-state index is 14.5. The van der Waals surface area contributed by atoms with Crippen LogP contribution in [0.3, 0.4) is 0 Å². The van der Waals surface area contributed by atoms with Gasteiger partial charge in [-0.25, -0.2) is 0 Å². The number of carbonyl (C=O) groups excluding carboxylic acids is 1. The van der Waals surface area contributed by atoms with Gasteiger partial charge in [-0.1, -0.05) is 70.6 Å². The first kappa shape index (κ1) is 48.6. The molecule has 7 aliphatic rings. The third-order valence-electron chi connectivity index (χ3n) is 14.9. The van der Waals surface area contributed by atoms with E-state index in [9.17, 15) is 20.1 Å². The molecular formula is C49H74O14. The van der Waals surface area contributed by atoms with Crippen LogP contribution in [0.4, 0.5) is 0 Å². The van der Waals surface area contributed by atoms with E-state index in [-0.39, 0.29) is 49.3 Å². The van der Waals surface area contributed by atoms with Crippen LogP contribution in [0.1, 0.15) is 93.9 Å². The van der Waals surface area contributed by atoms with Gasteiger partial charge in [-0.15, -0.1) is 0 Å². The molecule has 4 fully saturated rings. The minimum Gasteiger partial charge on any atom is -0.462 e. The zero-order valence-corrected chi connectivity index (χ0v) is 38.9. The number of ether oxygens (including phenoxy) is 10. The number of esters is 1. The van der Waals surface area contributed by atoms with Crippen LogP contribution in [0.2, 0.25) is 0 Å². The van der Waals surface area contributed by atoms with Crippen molar-refractivity contribution < 1.29 is 67.5 Å². The van der Waals surface area contributed by atoms with Gasteiger partial charge >= 0.3 is 5.97 Å². The molecule has 0 aromatic carbocycles. The number of fused-ring (bicyclic) bond motifs is 2. The predicted octanol–water partition coefficient (Wildman–Crippen LogP) is 5.63.